The van der Waals surface area contributed by atoms with E-state index in [4.69, 9.17) is 9.15 Å². The second-order valence-electron chi connectivity index (χ2n) is 3.89. The monoisotopic (exact) mass is 209 g/mol. The van der Waals surface area contributed by atoms with E-state index < -0.39 is 0 Å². The molecule has 0 fully saturated rings. The average Bonchev–Trinajstić information content (AvgIpc) is 2.73. The number of ether oxygens (including phenoxy) is 1. The van der Waals surface area contributed by atoms with Gasteiger partial charge in [-0.15, -0.1) is 0 Å². The normalized spacial score (nSPS) is 20.2. The first-order valence-corrected chi connectivity index (χ1v) is 5.79. The maximum Gasteiger partial charge on any atom is 0.108 e. The van der Waals surface area contributed by atoms with Crippen molar-refractivity contribution in [2.45, 2.75) is 32.2 Å². The molecule has 2 rings (SSSR count). The summed E-state index contributed by atoms with van der Waals surface area (Å²) >= 11 is 0. The predicted molar refractivity (Wildman–Crippen MR) is 58.9 cm³/mol. The van der Waals surface area contributed by atoms with E-state index >= 15 is 0 Å². The van der Waals surface area contributed by atoms with E-state index in [1.807, 2.05) is 6.92 Å². The highest BCUT2D eigenvalue weighted by atomic mass is 16.5. The zero-order valence-electron chi connectivity index (χ0n) is 9.29. The van der Waals surface area contributed by atoms with Gasteiger partial charge in [0.05, 0.1) is 12.9 Å². The van der Waals surface area contributed by atoms with Gasteiger partial charge in [0.2, 0.25) is 0 Å². The Balaban J connectivity index is 1.84. The van der Waals surface area contributed by atoms with Gasteiger partial charge >= 0.3 is 0 Å². The van der Waals surface area contributed by atoms with Gasteiger partial charge in [-0.3, -0.25) is 0 Å². The lowest BCUT2D eigenvalue weighted by molar-refractivity contribution is 0.146. The molecular weight excluding hydrogens is 190 g/mol. The van der Waals surface area contributed by atoms with Gasteiger partial charge in [0.1, 0.15) is 5.76 Å². The Labute approximate surface area is 90.8 Å². The van der Waals surface area contributed by atoms with Gasteiger partial charge < -0.3 is 14.5 Å². The largest absolute Gasteiger partial charge is 0.469 e. The quantitative estimate of drug-likeness (QED) is 0.755. The van der Waals surface area contributed by atoms with Crippen molar-refractivity contribution in [2.75, 3.05) is 19.8 Å². The second-order valence-corrected chi connectivity index (χ2v) is 3.89. The molecule has 1 aromatic heterocycles. The SMILES string of the molecule is CCOCCNC1CCCc2occc21. The fourth-order valence-corrected chi connectivity index (χ4v) is 2.15. The molecule has 84 valence electrons. The summed E-state index contributed by atoms with van der Waals surface area (Å²) in [6.45, 7) is 4.53. The molecule has 1 aliphatic rings. The van der Waals surface area contributed by atoms with Crippen molar-refractivity contribution >= 4 is 0 Å². The molecule has 1 N–H and O–H groups in total. The van der Waals surface area contributed by atoms with Crippen LogP contribution in [0.15, 0.2) is 16.7 Å². The van der Waals surface area contributed by atoms with Gasteiger partial charge in [-0.1, -0.05) is 0 Å². The van der Waals surface area contributed by atoms with Crippen LogP contribution < -0.4 is 5.32 Å². The van der Waals surface area contributed by atoms with Crippen LogP contribution in [0.5, 0.6) is 0 Å². The van der Waals surface area contributed by atoms with Crippen molar-refractivity contribution in [1.82, 2.24) is 5.32 Å². The average molecular weight is 209 g/mol. The van der Waals surface area contributed by atoms with E-state index in [1.54, 1.807) is 6.26 Å². The summed E-state index contributed by atoms with van der Waals surface area (Å²) in [6.07, 6.45) is 5.31. The molecule has 0 saturated heterocycles. The molecule has 0 radical (unpaired) electrons. The fourth-order valence-electron chi connectivity index (χ4n) is 2.15. The number of aryl methyl sites for hydroxylation is 1. The standard InChI is InChI=1S/C12H19NO2/c1-2-14-9-7-13-11-4-3-5-12-10(11)6-8-15-12/h6,8,11,13H,2-5,7,9H2,1H3. The Morgan fingerprint density at radius 2 is 2.53 bits per heavy atom. The first-order chi connectivity index (χ1) is 7.42. The molecule has 1 heterocycles. The smallest absolute Gasteiger partial charge is 0.108 e. The zero-order chi connectivity index (χ0) is 10.5. The molecule has 0 bridgehead atoms. The molecule has 0 aromatic carbocycles. The van der Waals surface area contributed by atoms with Gasteiger partial charge in [-0.05, 0) is 25.8 Å². The first kappa shape index (κ1) is 10.7. The molecule has 15 heavy (non-hydrogen) atoms. The molecule has 1 aromatic rings. The Bertz CT molecular complexity index is 296. The molecule has 3 nitrogen and oxygen atoms in total. The maximum atomic E-state index is 5.44. The Morgan fingerprint density at radius 3 is 3.40 bits per heavy atom. The minimum absolute atomic E-state index is 0.466. The van der Waals surface area contributed by atoms with Gasteiger partial charge in [0.25, 0.3) is 0 Å². The van der Waals surface area contributed by atoms with Crippen LogP contribution in [0.3, 0.4) is 0 Å². The summed E-state index contributed by atoms with van der Waals surface area (Å²) in [6, 6.07) is 2.56. The lowest BCUT2D eigenvalue weighted by Gasteiger charge is -2.22. The van der Waals surface area contributed by atoms with Crippen molar-refractivity contribution in [3.05, 3.63) is 23.7 Å². The van der Waals surface area contributed by atoms with Crippen molar-refractivity contribution in [1.29, 1.82) is 0 Å². The molecule has 0 aliphatic heterocycles. The summed E-state index contributed by atoms with van der Waals surface area (Å²) in [5.41, 5.74) is 1.35. The highest BCUT2D eigenvalue weighted by Gasteiger charge is 2.21. The van der Waals surface area contributed by atoms with E-state index in [0.29, 0.717) is 6.04 Å². The van der Waals surface area contributed by atoms with Crippen molar-refractivity contribution in [2.24, 2.45) is 0 Å². The van der Waals surface area contributed by atoms with Gasteiger partial charge in [0, 0.05) is 31.2 Å². The third-order valence-corrected chi connectivity index (χ3v) is 2.89. The summed E-state index contributed by atoms with van der Waals surface area (Å²) in [7, 11) is 0. The fraction of sp³-hybridized carbons (Fsp3) is 0.667. The van der Waals surface area contributed by atoms with Crippen molar-refractivity contribution in [3.63, 3.8) is 0 Å². The Hall–Kier alpha value is -0.800. The topological polar surface area (TPSA) is 34.4 Å². The van der Waals surface area contributed by atoms with Gasteiger partial charge in [-0.25, -0.2) is 0 Å². The van der Waals surface area contributed by atoms with E-state index in [9.17, 15) is 0 Å². The minimum atomic E-state index is 0.466. The molecule has 3 heteroatoms. The molecule has 1 atom stereocenters. The Morgan fingerprint density at radius 1 is 1.60 bits per heavy atom. The van der Waals surface area contributed by atoms with Crippen molar-refractivity contribution in [3.8, 4) is 0 Å². The summed E-state index contributed by atoms with van der Waals surface area (Å²) in [5.74, 6) is 1.16. The van der Waals surface area contributed by atoms with Crippen LogP contribution in [0, 0.1) is 0 Å². The van der Waals surface area contributed by atoms with E-state index in [0.717, 1.165) is 31.9 Å². The van der Waals surface area contributed by atoms with Crippen LogP contribution in [0.2, 0.25) is 0 Å². The summed E-state index contributed by atoms with van der Waals surface area (Å²) < 4.78 is 10.8. The van der Waals surface area contributed by atoms with Crippen LogP contribution >= 0.6 is 0 Å². The van der Waals surface area contributed by atoms with Crippen LogP contribution in [0.25, 0.3) is 0 Å². The number of fused-ring (bicyclic) bond motifs is 1. The van der Waals surface area contributed by atoms with Crippen molar-refractivity contribution < 1.29 is 9.15 Å². The van der Waals surface area contributed by atoms with Crippen LogP contribution in [-0.2, 0) is 11.2 Å². The zero-order valence-corrected chi connectivity index (χ0v) is 9.29. The third kappa shape index (κ3) is 2.61. The van der Waals surface area contributed by atoms with E-state index in [-0.39, 0.29) is 0 Å². The third-order valence-electron chi connectivity index (χ3n) is 2.89. The van der Waals surface area contributed by atoms with Crippen LogP contribution in [0.1, 0.15) is 37.1 Å². The lowest BCUT2D eigenvalue weighted by Crippen LogP contribution is -2.27. The summed E-state index contributed by atoms with van der Waals surface area (Å²) in [5, 5.41) is 3.51. The number of rotatable bonds is 5. The summed E-state index contributed by atoms with van der Waals surface area (Å²) in [4.78, 5) is 0. The molecule has 0 amide bonds. The lowest BCUT2D eigenvalue weighted by atomic mass is 9.93. The predicted octanol–water partition coefficient (Wildman–Crippen LogP) is 2.28. The number of nitrogens with one attached hydrogen (secondary N) is 1. The molecule has 0 spiro atoms. The minimum Gasteiger partial charge on any atom is -0.469 e. The molecule has 1 aliphatic carbocycles. The molecule has 0 saturated carbocycles. The van der Waals surface area contributed by atoms with E-state index in [2.05, 4.69) is 11.4 Å². The Kier molecular flexibility index (Phi) is 3.80. The number of hydrogen-bond acceptors (Lipinski definition) is 3. The highest BCUT2D eigenvalue weighted by Crippen LogP contribution is 2.30. The van der Waals surface area contributed by atoms with Gasteiger partial charge in [-0.2, -0.15) is 0 Å². The van der Waals surface area contributed by atoms with E-state index in [1.165, 1.54) is 18.4 Å². The first-order valence-electron chi connectivity index (χ1n) is 5.79. The highest BCUT2D eigenvalue weighted by molar-refractivity contribution is 5.23. The van der Waals surface area contributed by atoms with Crippen LogP contribution in [-0.4, -0.2) is 19.8 Å². The maximum absolute atomic E-state index is 5.44. The van der Waals surface area contributed by atoms with Crippen LogP contribution in [0.4, 0.5) is 0 Å². The number of furan rings is 1. The second kappa shape index (κ2) is 5.33. The molecule has 1 unspecified atom stereocenters. The van der Waals surface area contributed by atoms with Gasteiger partial charge in [0.15, 0.2) is 0 Å². The number of hydrogen-bond donors (Lipinski definition) is 1. The molecular formula is C12H19NO2.